The van der Waals surface area contributed by atoms with Gasteiger partial charge in [0.25, 0.3) is 0 Å². The molecule has 0 aromatic carbocycles. The van der Waals surface area contributed by atoms with Gasteiger partial charge in [0.2, 0.25) is 5.13 Å². The molecule has 0 amide bonds. The van der Waals surface area contributed by atoms with Gasteiger partial charge >= 0.3 is 0 Å². The van der Waals surface area contributed by atoms with Crippen molar-refractivity contribution >= 4 is 11.3 Å². The number of hydrogen-bond acceptors (Lipinski definition) is 5. The van der Waals surface area contributed by atoms with E-state index in [-0.39, 0.29) is 0 Å². The second-order valence-corrected chi connectivity index (χ2v) is 6.38. The molecule has 2 heterocycles. The molecular formula is C13H21N5S. The highest BCUT2D eigenvalue weighted by molar-refractivity contribution is 7.13. The lowest BCUT2D eigenvalue weighted by molar-refractivity contribution is 0.550. The van der Waals surface area contributed by atoms with Crippen LogP contribution in [0.4, 0.5) is 0 Å². The SMILES string of the molecule is CC(C)CNCc1nnc(-n2ccc(C(C)C)n2)s1. The van der Waals surface area contributed by atoms with Crippen LogP contribution in [0.1, 0.15) is 44.3 Å². The Kier molecular flexibility index (Phi) is 4.66. The van der Waals surface area contributed by atoms with Crippen molar-refractivity contribution in [2.45, 2.75) is 40.2 Å². The van der Waals surface area contributed by atoms with Gasteiger partial charge in [0.1, 0.15) is 5.01 Å². The Hall–Kier alpha value is -1.27. The number of rotatable bonds is 6. The molecule has 0 atom stereocenters. The van der Waals surface area contributed by atoms with Crippen LogP contribution in [-0.2, 0) is 6.54 Å². The maximum atomic E-state index is 4.51. The standard InChI is InChI=1S/C13H21N5S/c1-9(2)7-14-8-12-15-16-13(19-12)18-6-5-11(17-18)10(3)4/h5-6,9-10,14H,7-8H2,1-4H3. The number of nitrogens with one attached hydrogen (secondary N) is 1. The minimum Gasteiger partial charge on any atom is -0.310 e. The highest BCUT2D eigenvalue weighted by Crippen LogP contribution is 2.17. The van der Waals surface area contributed by atoms with Crippen LogP contribution in [-0.4, -0.2) is 26.5 Å². The number of hydrogen-bond donors (Lipinski definition) is 1. The Morgan fingerprint density at radius 1 is 1.26 bits per heavy atom. The van der Waals surface area contributed by atoms with Crippen molar-refractivity contribution < 1.29 is 0 Å². The van der Waals surface area contributed by atoms with Gasteiger partial charge in [-0.15, -0.1) is 10.2 Å². The van der Waals surface area contributed by atoms with Crippen molar-refractivity contribution in [3.63, 3.8) is 0 Å². The molecule has 0 fully saturated rings. The monoisotopic (exact) mass is 279 g/mol. The van der Waals surface area contributed by atoms with Crippen LogP contribution < -0.4 is 5.32 Å². The van der Waals surface area contributed by atoms with Crippen LogP contribution in [0, 0.1) is 5.92 Å². The molecule has 2 aromatic rings. The predicted octanol–water partition coefficient (Wildman–Crippen LogP) is 2.59. The molecule has 0 aliphatic heterocycles. The van der Waals surface area contributed by atoms with E-state index in [2.05, 4.69) is 48.3 Å². The predicted molar refractivity (Wildman–Crippen MR) is 77.7 cm³/mol. The Balaban J connectivity index is 1.99. The smallest absolute Gasteiger partial charge is 0.232 e. The first-order valence-electron chi connectivity index (χ1n) is 6.65. The van der Waals surface area contributed by atoms with E-state index in [1.165, 1.54) is 0 Å². The van der Waals surface area contributed by atoms with E-state index in [4.69, 9.17) is 0 Å². The molecule has 0 spiro atoms. The maximum Gasteiger partial charge on any atom is 0.232 e. The van der Waals surface area contributed by atoms with Crippen LogP contribution in [0.15, 0.2) is 12.3 Å². The average Bonchev–Trinajstić information content (AvgIpc) is 2.95. The summed E-state index contributed by atoms with van der Waals surface area (Å²) in [5, 5.41) is 18.1. The molecule has 6 heteroatoms. The van der Waals surface area contributed by atoms with Crippen molar-refractivity contribution in [3.05, 3.63) is 23.0 Å². The first-order chi connectivity index (χ1) is 9.06. The second-order valence-electron chi connectivity index (χ2n) is 5.34. The normalized spacial score (nSPS) is 11.7. The fraction of sp³-hybridized carbons (Fsp3) is 0.615. The third-order valence-electron chi connectivity index (χ3n) is 2.68. The van der Waals surface area contributed by atoms with Crippen molar-refractivity contribution in [3.8, 4) is 5.13 Å². The molecule has 0 saturated carbocycles. The van der Waals surface area contributed by atoms with Crippen LogP contribution in [0.2, 0.25) is 0 Å². The van der Waals surface area contributed by atoms with E-state index >= 15 is 0 Å². The molecule has 0 aliphatic rings. The summed E-state index contributed by atoms with van der Waals surface area (Å²) in [5.41, 5.74) is 1.08. The van der Waals surface area contributed by atoms with Gasteiger partial charge in [0.15, 0.2) is 0 Å². The topological polar surface area (TPSA) is 55.6 Å². The van der Waals surface area contributed by atoms with E-state index in [0.717, 1.165) is 28.9 Å². The Bertz CT molecular complexity index is 515. The summed E-state index contributed by atoms with van der Waals surface area (Å²) >= 11 is 1.58. The molecule has 0 bridgehead atoms. The highest BCUT2D eigenvalue weighted by Gasteiger charge is 2.09. The largest absolute Gasteiger partial charge is 0.310 e. The Morgan fingerprint density at radius 3 is 2.68 bits per heavy atom. The molecule has 104 valence electrons. The average molecular weight is 279 g/mol. The first kappa shape index (κ1) is 14.1. The zero-order valence-corrected chi connectivity index (χ0v) is 12.7. The van der Waals surface area contributed by atoms with E-state index in [9.17, 15) is 0 Å². The van der Waals surface area contributed by atoms with Gasteiger partial charge in [0, 0.05) is 12.7 Å². The molecule has 0 unspecified atom stereocenters. The zero-order chi connectivity index (χ0) is 13.8. The lowest BCUT2D eigenvalue weighted by Gasteiger charge is -2.03. The van der Waals surface area contributed by atoms with Gasteiger partial charge in [-0.05, 0) is 24.4 Å². The fourth-order valence-electron chi connectivity index (χ4n) is 1.63. The molecule has 2 rings (SSSR count). The molecule has 0 saturated heterocycles. The summed E-state index contributed by atoms with van der Waals surface area (Å²) < 4.78 is 1.80. The molecule has 5 nitrogen and oxygen atoms in total. The quantitative estimate of drug-likeness (QED) is 0.883. The van der Waals surface area contributed by atoms with Crippen molar-refractivity contribution in [1.82, 2.24) is 25.3 Å². The molecule has 1 N–H and O–H groups in total. The third-order valence-corrected chi connectivity index (χ3v) is 3.60. The lowest BCUT2D eigenvalue weighted by Crippen LogP contribution is -2.18. The first-order valence-corrected chi connectivity index (χ1v) is 7.47. The van der Waals surface area contributed by atoms with Crippen molar-refractivity contribution in [1.29, 1.82) is 0 Å². The van der Waals surface area contributed by atoms with Crippen LogP contribution in [0.3, 0.4) is 0 Å². The minimum absolute atomic E-state index is 0.432. The summed E-state index contributed by atoms with van der Waals surface area (Å²) in [6.07, 6.45) is 1.95. The van der Waals surface area contributed by atoms with Crippen LogP contribution >= 0.6 is 11.3 Å². The molecular weight excluding hydrogens is 258 g/mol. The third kappa shape index (κ3) is 3.84. The van der Waals surface area contributed by atoms with E-state index in [1.807, 2.05) is 12.3 Å². The summed E-state index contributed by atoms with van der Waals surface area (Å²) in [7, 11) is 0. The second kappa shape index (κ2) is 6.25. The lowest BCUT2D eigenvalue weighted by atomic mass is 10.1. The van der Waals surface area contributed by atoms with Crippen molar-refractivity contribution in [2.75, 3.05) is 6.54 Å². The summed E-state index contributed by atoms with van der Waals surface area (Å²) in [5.74, 6) is 1.08. The molecule has 19 heavy (non-hydrogen) atoms. The fourth-order valence-corrected chi connectivity index (χ4v) is 2.37. The van der Waals surface area contributed by atoms with Crippen LogP contribution in [0.25, 0.3) is 5.13 Å². The summed E-state index contributed by atoms with van der Waals surface area (Å²) in [6.45, 7) is 10.4. The zero-order valence-electron chi connectivity index (χ0n) is 11.9. The van der Waals surface area contributed by atoms with Gasteiger partial charge in [-0.3, -0.25) is 0 Å². The number of aromatic nitrogens is 4. The van der Waals surface area contributed by atoms with E-state index in [1.54, 1.807) is 16.0 Å². The van der Waals surface area contributed by atoms with Gasteiger partial charge in [0.05, 0.1) is 5.69 Å². The van der Waals surface area contributed by atoms with E-state index in [0.29, 0.717) is 11.8 Å². The van der Waals surface area contributed by atoms with E-state index < -0.39 is 0 Å². The molecule has 0 aliphatic carbocycles. The highest BCUT2D eigenvalue weighted by atomic mass is 32.1. The van der Waals surface area contributed by atoms with Crippen LogP contribution in [0.5, 0.6) is 0 Å². The van der Waals surface area contributed by atoms with Gasteiger partial charge in [-0.25, -0.2) is 4.68 Å². The molecule has 0 radical (unpaired) electrons. The van der Waals surface area contributed by atoms with Gasteiger partial charge in [-0.1, -0.05) is 39.0 Å². The Morgan fingerprint density at radius 2 is 2.05 bits per heavy atom. The molecule has 2 aromatic heterocycles. The minimum atomic E-state index is 0.432. The van der Waals surface area contributed by atoms with Gasteiger partial charge < -0.3 is 5.32 Å². The summed E-state index contributed by atoms with van der Waals surface area (Å²) in [6, 6.07) is 2.03. The van der Waals surface area contributed by atoms with Crippen molar-refractivity contribution in [2.24, 2.45) is 5.92 Å². The maximum absolute atomic E-state index is 4.51. The van der Waals surface area contributed by atoms with Gasteiger partial charge in [-0.2, -0.15) is 5.10 Å². The number of nitrogens with zero attached hydrogens (tertiary/aromatic N) is 4. The Labute approximate surface area is 118 Å². The summed E-state index contributed by atoms with van der Waals surface area (Å²) in [4.78, 5) is 0.